The number of aryl methyl sites for hydroxylation is 1. The van der Waals surface area contributed by atoms with Gasteiger partial charge in [-0.1, -0.05) is 31.2 Å². The van der Waals surface area contributed by atoms with Gasteiger partial charge in [-0.2, -0.15) is 0 Å². The van der Waals surface area contributed by atoms with Crippen LogP contribution in [0, 0.1) is 0 Å². The molecule has 0 atom stereocenters. The second-order valence-corrected chi connectivity index (χ2v) is 3.54. The number of amidine groups is 1. The third-order valence-electron chi connectivity index (χ3n) is 2.37. The molecule has 1 heterocycles. The summed E-state index contributed by atoms with van der Waals surface area (Å²) in [4.78, 5) is 8.74. The lowest BCUT2D eigenvalue weighted by Crippen LogP contribution is -1.94. The maximum Gasteiger partial charge on any atom is 0.154 e. The van der Waals surface area contributed by atoms with Crippen LogP contribution in [-0.2, 0) is 6.42 Å². The topological polar surface area (TPSA) is 24.7 Å². The molecule has 1 aliphatic rings. The maximum atomic E-state index is 4.38. The standard InChI is InChI=1S/C12H14N2/c1-3-10-4-6-11(7-5-10)12-13-8-9(2)14-12/h4-7H,3,8H2,1-2H3. The molecule has 0 saturated carbocycles. The van der Waals surface area contributed by atoms with E-state index in [-0.39, 0.29) is 0 Å². The first kappa shape index (κ1) is 9.13. The highest BCUT2D eigenvalue weighted by atomic mass is 15.0. The lowest BCUT2D eigenvalue weighted by Gasteiger charge is -1.99. The van der Waals surface area contributed by atoms with E-state index in [9.17, 15) is 0 Å². The summed E-state index contributed by atoms with van der Waals surface area (Å²) in [6, 6.07) is 8.47. The Kier molecular flexibility index (Phi) is 2.44. The van der Waals surface area contributed by atoms with Crippen LogP contribution in [0.4, 0.5) is 0 Å². The molecule has 1 aliphatic heterocycles. The molecule has 1 aromatic rings. The van der Waals surface area contributed by atoms with E-state index in [1.165, 1.54) is 5.56 Å². The average molecular weight is 186 g/mol. The Hall–Kier alpha value is -1.44. The third kappa shape index (κ3) is 1.74. The minimum absolute atomic E-state index is 0.755. The van der Waals surface area contributed by atoms with Crippen molar-refractivity contribution in [1.29, 1.82) is 0 Å². The number of aliphatic imine (C=N–C) groups is 2. The van der Waals surface area contributed by atoms with Gasteiger partial charge in [0.1, 0.15) is 0 Å². The molecule has 2 nitrogen and oxygen atoms in total. The summed E-state index contributed by atoms with van der Waals surface area (Å²) in [7, 11) is 0. The molecule has 0 radical (unpaired) electrons. The highest BCUT2D eigenvalue weighted by Gasteiger charge is 2.07. The van der Waals surface area contributed by atoms with Gasteiger partial charge in [0.05, 0.1) is 6.54 Å². The molecule has 2 heteroatoms. The van der Waals surface area contributed by atoms with Crippen molar-refractivity contribution >= 4 is 11.5 Å². The average Bonchev–Trinajstić information content (AvgIpc) is 2.65. The van der Waals surface area contributed by atoms with Crippen LogP contribution >= 0.6 is 0 Å². The molecule has 0 amide bonds. The molecule has 0 aromatic heterocycles. The van der Waals surface area contributed by atoms with Crippen molar-refractivity contribution in [2.45, 2.75) is 20.3 Å². The molecule has 0 aliphatic carbocycles. The molecule has 72 valence electrons. The molecule has 0 unspecified atom stereocenters. The quantitative estimate of drug-likeness (QED) is 0.678. The summed E-state index contributed by atoms with van der Waals surface area (Å²) in [5.41, 5.74) is 3.58. The molecule has 1 aromatic carbocycles. The maximum absolute atomic E-state index is 4.38. The Morgan fingerprint density at radius 1 is 1.21 bits per heavy atom. The summed E-state index contributed by atoms with van der Waals surface area (Å²) in [5.74, 6) is 0.880. The van der Waals surface area contributed by atoms with Crippen LogP contribution in [0.15, 0.2) is 34.3 Å². The zero-order valence-corrected chi connectivity index (χ0v) is 8.62. The predicted molar refractivity (Wildman–Crippen MR) is 60.3 cm³/mol. The van der Waals surface area contributed by atoms with Crippen LogP contribution in [0.2, 0.25) is 0 Å². The smallest absolute Gasteiger partial charge is 0.154 e. The van der Waals surface area contributed by atoms with Gasteiger partial charge in [0.15, 0.2) is 5.84 Å². The molecule has 0 bridgehead atoms. The van der Waals surface area contributed by atoms with Gasteiger partial charge in [-0.3, -0.25) is 4.99 Å². The van der Waals surface area contributed by atoms with Crippen molar-refractivity contribution in [3.8, 4) is 0 Å². The number of hydrogen-bond acceptors (Lipinski definition) is 2. The summed E-state index contributed by atoms with van der Waals surface area (Å²) in [6.45, 7) is 4.92. The minimum Gasteiger partial charge on any atom is -0.260 e. The van der Waals surface area contributed by atoms with Gasteiger partial charge in [-0.25, -0.2) is 4.99 Å². The van der Waals surface area contributed by atoms with E-state index in [2.05, 4.69) is 41.2 Å². The van der Waals surface area contributed by atoms with Gasteiger partial charge >= 0.3 is 0 Å². The summed E-state index contributed by atoms with van der Waals surface area (Å²) >= 11 is 0. The van der Waals surface area contributed by atoms with Gasteiger partial charge in [0.25, 0.3) is 0 Å². The van der Waals surface area contributed by atoms with Crippen LogP contribution < -0.4 is 0 Å². The van der Waals surface area contributed by atoms with E-state index >= 15 is 0 Å². The van der Waals surface area contributed by atoms with Crippen molar-refractivity contribution in [3.63, 3.8) is 0 Å². The van der Waals surface area contributed by atoms with Crippen molar-refractivity contribution in [3.05, 3.63) is 35.4 Å². The van der Waals surface area contributed by atoms with Crippen molar-refractivity contribution in [2.75, 3.05) is 6.54 Å². The highest BCUT2D eigenvalue weighted by Crippen LogP contribution is 2.10. The van der Waals surface area contributed by atoms with Crippen LogP contribution in [0.5, 0.6) is 0 Å². The van der Waals surface area contributed by atoms with Gasteiger partial charge in [0.2, 0.25) is 0 Å². The van der Waals surface area contributed by atoms with E-state index in [4.69, 9.17) is 0 Å². The lowest BCUT2D eigenvalue weighted by atomic mass is 10.1. The van der Waals surface area contributed by atoms with Crippen LogP contribution in [0.1, 0.15) is 25.0 Å². The Morgan fingerprint density at radius 2 is 1.93 bits per heavy atom. The fraction of sp³-hybridized carbons (Fsp3) is 0.333. The monoisotopic (exact) mass is 186 g/mol. The molecular formula is C12H14N2. The predicted octanol–water partition coefficient (Wildman–Crippen LogP) is 2.47. The zero-order chi connectivity index (χ0) is 9.97. The van der Waals surface area contributed by atoms with Crippen LogP contribution in [-0.4, -0.2) is 18.1 Å². The second-order valence-electron chi connectivity index (χ2n) is 3.54. The number of nitrogens with zero attached hydrogens (tertiary/aromatic N) is 2. The third-order valence-corrected chi connectivity index (χ3v) is 2.37. The molecule has 0 N–H and O–H groups in total. The van der Waals surface area contributed by atoms with Crippen LogP contribution in [0.25, 0.3) is 0 Å². The lowest BCUT2D eigenvalue weighted by molar-refractivity contribution is 1.14. The Labute approximate surface area is 84.4 Å². The fourth-order valence-corrected chi connectivity index (χ4v) is 1.49. The first-order valence-corrected chi connectivity index (χ1v) is 4.97. The summed E-state index contributed by atoms with van der Waals surface area (Å²) in [6.07, 6.45) is 1.08. The first-order valence-electron chi connectivity index (χ1n) is 4.97. The Balaban J connectivity index is 2.26. The van der Waals surface area contributed by atoms with Gasteiger partial charge in [-0.05, 0) is 18.9 Å². The molecule has 0 spiro atoms. The fourth-order valence-electron chi connectivity index (χ4n) is 1.49. The van der Waals surface area contributed by atoms with E-state index in [1.807, 2.05) is 6.92 Å². The first-order chi connectivity index (χ1) is 6.79. The SMILES string of the molecule is CCc1ccc(C2=NCC(C)=N2)cc1. The van der Waals surface area contributed by atoms with E-state index < -0.39 is 0 Å². The van der Waals surface area contributed by atoms with E-state index in [0.717, 1.165) is 30.1 Å². The summed E-state index contributed by atoms with van der Waals surface area (Å²) < 4.78 is 0. The summed E-state index contributed by atoms with van der Waals surface area (Å²) in [5, 5.41) is 0. The zero-order valence-electron chi connectivity index (χ0n) is 8.62. The van der Waals surface area contributed by atoms with Crippen molar-refractivity contribution < 1.29 is 0 Å². The molecule has 0 saturated heterocycles. The van der Waals surface area contributed by atoms with E-state index in [0.29, 0.717) is 0 Å². The number of benzene rings is 1. The normalized spacial score (nSPS) is 15.3. The Morgan fingerprint density at radius 3 is 2.43 bits per heavy atom. The van der Waals surface area contributed by atoms with E-state index in [1.54, 1.807) is 0 Å². The number of hydrogen-bond donors (Lipinski definition) is 0. The van der Waals surface area contributed by atoms with Gasteiger partial charge in [0, 0.05) is 11.3 Å². The molecular weight excluding hydrogens is 172 g/mol. The second kappa shape index (κ2) is 3.74. The van der Waals surface area contributed by atoms with Crippen LogP contribution in [0.3, 0.4) is 0 Å². The largest absolute Gasteiger partial charge is 0.260 e. The van der Waals surface area contributed by atoms with Gasteiger partial charge in [-0.15, -0.1) is 0 Å². The highest BCUT2D eigenvalue weighted by molar-refractivity contribution is 6.10. The molecule has 2 rings (SSSR count). The molecule has 14 heavy (non-hydrogen) atoms. The van der Waals surface area contributed by atoms with Crippen molar-refractivity contribution in [1.82, 2.24) is 0 Å². The van der Waals surface area contributed by atoms with Crippen molar-refractivity contribution in [2.24, 2.45) is 9.98 Å². The number of rotatable bonds is 2. The molecule has 0 fully saturated rings. The Bertz CT molecular complexity index is 385. The van der Waals surface area contributed by atoms with Gasteiger partial charge < -0.3 is 0 Å². The minimum atomic E-state index is 0.755.